The zero-order valence-corrected chi connectivity index (χ0v) is 13.0. The third-order valence-corrected chi connectivity index (χ3v) is 3.32. The Hall–Kier alpha value is -2.55. The van der Waals surface area contributed by atoms with Crippen LogP contribution < -0.4 is 10.1 Å². The molecule has 3 heteroatoms. The van der Waals surface area contributed by atoms with E-state index in [-0.39, 0.29) is 11.9 Å². The third kappa shape index (κ3) is 5.09. The van der Waals surface area contributed by atoms with E-state index in [1.807, 2.05) is 49.4 Å². The van der Waals surface area contributed by atoms with Crippen molar-refractivity contribution >= 4 is 12.0 Å². The molecule has 0 fully saturated rings. The molecule has 0 spiro atoms. The van der Waals surface area contributed by atoms with E-state index in [4.69, 9.17) is 4.74 Å². The van der Waals surface area contributed by atoms with E-state index in [0.29, 0.717) is 0 Å². The lowest BCUT2D eigenvalue weighted by atomic mass is 10.1. The Morgan fingerprint density at radius 1 is 1.14 bits per heavy atom. The second-order valence-corrected chi connectivity index (χ2v) is 5.21. The average Bonchev–Trinajstić information content (AvgIpc) is 2.54. The van der Waals surface area contributed by atoms with Gasteiger partial charge in [-0.25, -0.2) is 0 Å². The van der Waals surface area contributed by atoms with Crippen LogP contribution in [-0.4, -0.2) is 19.1 Å². The maximum absolute atomic E-state index is 11.9. The van der Waals surface area contributed by atoms with Crippen molar-refractivity contribution in [3.05, 3.63) is 71.8 Å². The first-order valence-corrected chi connectivity index (χ1v) is 7.34. The number of ether oxygens (including phenoxy) is 1. The number of carbonyl (C=O) groups excluding carboxylic acids is 1. The second kappa shape index (κ2) is 8.03. The number of hydrogen-bond donors (Lipinski definition) is 1. The highest BCUT2D eigenvalue weighted by atomic mass is 16.5. The summed E-state index contributed by atoms with van der Waals surface area (Å²) in [5.41, 5.74) is 2.18. The van der Waals surface area contributed by atoms with Crippen molar-refractivity contribution in [2.45, 2.75) is 19.4 Å². The summed E-state index contributed by atoms with van der Waals surface area (Å²) in [5, 5.41) is 2.97. The minimum absolute atomic E-state index is 0.0840. The number of hydrogen-bond acceptors (Lipinski definition) is 2. The van der Waals surface area contributed by atoms with Gasteiger partial charge in [0.1, 0.15) is 5.75 Å². The van der Waals surface area contributed by atoms with E-state index in [1.165, 1.54) is 5.56 Å². The highest BCUT2D eigenvalue weighted by Gasteiger charge is 2.05. The smallest absolute Gasteiger partial charge is 0.244 e. The Morgan fingerprint density at radius 3 is 2.45 bits per heavy atom. The third-order valence-electron chi connectivity index (χ3n) is 3.32. The molecule has 2 aromatic rings. The summed E-state index contributed by atoms with van der Waals surface area (Å²) in [4.78, 5) is 11.9. The highest BCUT2D eigenvalue weighted by Crippen LogP contribution is 2.12. The molecule has 0 bridgehead atoms. The first-order valence-electron chi connectivity index (χ1n) is 7.34. The van der Waals surface area contributed by atoms with Crippen LogP contribution in [0.25, 0.3) is 6.08 Å². The van der Waals surface area contributed by atoms with E-state index in [2.05, 4.69) is 17.4 Å². The first kappa shape index (κ1) is 15.8. The predicted octanol–water partition coefficient (Wildman–Crippen LogP) is 3.46. The molecular weight excluding hydrogens is 274 g/mol. The summed E-state index contributed by atoms with van der Waals surface area (Å²) in [6.45, 7) is 2.01. The molecule has 0 radical (unpaired) electrons. The molecule has 114 valence electrons. The van der Waals surface area contributed by atoms with Gasteiger partial charge >= 0.3 is 0 Å². The van der Waals surface area contributed by atoms with Gasteiger partial charge in [0.05, 0.1) is 7.11 Å². The van der Waals surface area contributed by atoms with E-state index in [9.17, 15) is 4.79 Å². The summed E-state index contributed by atoms with van der Waals surface area (Å²) < 4.78 is 5.10. The molecule has 1 atom stereocenters. The van der Waals surface area contributed by atoms with Gasteiger partial charge in [-0.15, -0.1) is 0 Å². The van der Waals surface area contributed by atoms with Crippen molar-refractivity contribution in [1.82, 2.24) is 5.32 Å². The SMILES string of the molecule is COc1ccc(/C=C/C(=O)N[C@H](C)Cc2ccccc2)cc1. The van der Waals surface area contributed by atoms with Gasteiger partial charge in [-0.1, -0.05) is 42.5 Å². The van der Waals surface area contributed by atoms with Crippen molar-refractivity contribution < 1.29 is 9.53 Å². The molecule has 2 rings (SSSR count). The molecule has 0 aliphatic rings. The quantitative estimate of drug-likeness (QED) is 0.829. The number of benzene rings is 2. The fourth-order valence-electron chi connectivity index (χ4n) is 2.20. The van der Waals surface area contributed by atoms with Gasteiger partial charge in [-0.05, 0) is 42.7 Å². The van der Waals surface area contributed by atoms with Crippen molar-refractivity contribution in [3.63, 3.8) is 0 Å². The average molecular weight is 295 g/mol. The molecule has 0 saturated carbocycles. The monoisotopic (exact) mass is 295 g/mol. The molecule has 0 unspecified atom stereocenters. The number of nitrogens with one attached hydrogen (secondary N) is 1. The van der Waals surface area contributed by atoms with Gasteiger partial charge in [0.25, 0.3) is 0 Å². The molecule has 22 heavy (non-hydrogen) atoms. The Balaban J connectivity index is 1.84. The molecule has 0 saturated heterocycles. The van der Waals surface area contributed by atoms with Gasteiger partial charge in [0.2, 0.25) is 5.91 Å². The number of amides is 1. The van der Waals surface area contributed by atoms with Crippen LogP contribution in [0.1, 0.15) is 18.1 Å². The van der Waals surface area contributed by atoms with Crippen molar-refractivity contribution in [2.75, 3.05) is 7.11 Å². The standard InChI is InChI=1S/C19H21NO2/c1-15(14-17-6-4-3-5-7-17)20-19(21)13-10-16-8-11-18(22-2)12-9-16/h3-13,15H,14H2,1-2H3,(H,20,21)/b13-10+/t15-/m1/s1. The summed E-state index contributed by atoms with van der Waals surface area (Å²) in [5.74, 6) is 0.720. The van der Waals surface area contributed by atoms with Crippen molar-refractivity contribution in [3.8, 4) is 5.75 Å². The Morgan fingerprint density at radius 2 is 1.82 bits per heavy atom. The molecule has 3 nitrogen and oxygen atoms in total. The molecule has 0 heterocycles. The Labute approximate surface area is 131 Å². The summed E-state index contributed by atoms with van der Waals surface area (Å²) in [7, 11) is 1.63. The zero-order chi connectivity index (χ0) is 15.8. The molecule has 1 amide bonds. The van der Waals surface area contributed by atoms with Crippen molar-refractivity contribution in [1.29, 1.82) is 0 Å². The minimum Gasteiger partial charge on any atom is -0.497 e. The van der Waals surface area contributed by atoms with Crippen LogP contribution in [0.5, 0.6) is 5.75 Å². The lowest BCUT2D eigenvalue weighted by Gasteiger charge is -2.12. The normalized spacial score (nSPS) is 12.1. The van der Waals surface area contributed by atoms with Gasteiger partial charge in [-0.2, -0.15) is 0 Å². The van der Waals surface area contributed by atoms with Crippen LogP contribution in [0.2, 0.25) is 0 Å². The summed E-state index contributed by atoms with van der Waals surface area (Å²) >= 11 is 0. The molecule has 1 N–H and O–H groups in total. The minimum atomic E-state index is -0.0840. The van der Waals surface area contributed by atoms with E-state index in [1.54, 1.807) is 19.3 Å². The van der Waals surface area contributed by atoms with E-state index >= 15 is 0 Å². The summed E-state index contributed by atoms with van der Waals surface area (Å²) in [6.07, 6.45) is 4.18. The summed E-state index contributed by atoms with van der Waals surface area (Å²) in [6, 6.07) is 17.8. The maximum Gasteiger partial charge on any atom is 0.244 e. The molecule has 0 aliphatic heterocycles. The maximum atomic E-state index is 11.9. The number of methoxy groups -OCH3 is 1. The van der Waals surface area contributed by atoms with Gasteiger partial charge < -0.3 is 10.1 Å². The van der Waals surface area contributed by atoms with Gasteiger partial charge in [0.15, 0.2) is 0 Å². The van der Waals surface area contributed by atoms with Crippen LogP contribution >= 0.6 is 0 Å². The molecule has 0 aromatic heterocycles. The van der Waals surface area contributed by atoms with Crippen molar-refractivity contribution in [2.24, 2.45) is 0 Å². The molecule has 0 aliphatic carbocycles. The van der Waals surface area contributed by atoms with Crippen LogP contribution in [-0.2, 0) is 11.2 Å². The fraction of sp³-hybridized carbons (Fsp3) is 0.211. The lowest BCUT2D eigenvalue weighted by molar-refractivity contribution is -0.117. The molecule has 2 aromatic carbocycles. The highest BCUT2D eigenvalue weighted by molar-refractivity contribution is 5.91. The predicted molar refractivity (Wildman–Crippen MR) is 89.8 cm³/mol. The van der Waals surface area contributed by atoms with Gasteiger partial charge in [-0.3, -0.25) is 4.79 Å². The largest absolute Gasteiger partial charge is 0.497 e. The van der Waals surface area contributed by atoms with Crippen LogP contribution in [0.4, 0.5) is 0 Å². The Bertz CT molecular complexity index is 618. The van der Waals surface area contributed by atoms with E-state index < -0.39 is 0 Å². The van der Waals surface area contributed by atoms with E-state index in [0.717, 1.165) is 17.7 Å². The second-order valence-electron chi connectivity index (χ2n) is 5.21. The first-order chi connectivity index (χ1) is 10.7. The topological polar surface area (TPSA) is 38.3 Å². The Kier molecular flexibility index (Phi) is 5.78. The number of rotatable bonds is 6. The molecular formula is C19H21NO2. The van der Waals surface area contributed by atoms with Gasteiger partial charge in [0, 0.05) is 12.1 Å². The van der Waals surface area contributed by atoms with Crippen LogP contribution in [0.15, 0.2) is 60.7 Å². The van der Waals surface area contributed by atoms with Crippen LogP contribution in [0, 0.1) is 0 Å². The fourth-order valence-corrected chi connectivity index (χ4v) is 2.20. The lowest BCUT2D eigenvalue weighted by Crippen LogP contribution is -2.32. The van der Waals surface area contributed by atoms with Crippen LogP contribution in [0.3, 0.4) is 0 Å². The zero-order valence-electron chi connectivity index (χ0n) is 13.0. The number of carbonyl (C=O) groups is 1.